The van der Waals surface area contributed by atoms with Crippen LogP contribution < -0.4 is 0 Å². The smallest absolute Gasteiger partial charge is 0.310 e. The third-order valence-electron chi connectivity index (χ3n) is 3.28. The van der Waals surface area contributed by atoms with Gasteiger partial charge in [-0.3, -0.25) is 9.59 Å². The molecule has 5 atom stereocenters. The topological polar surface area (TPSA) is 104 Å². The predicted molar refractivity (Wildman–Crippen MR) is 46.1 cm³/mol. The van der Waals surface area contributed by atoms with E-state index < -0.39 is 36.0 Å². The van der Waals surface area contributed by atoms with E-state index in [4.69, 9.17) is 20.1 Å². The van der Waals surface area contributed by atoms with Crippen LogP contribution in [0.25, 0.3) is 0 Å². The maximum Gasteiger partial charge on any atom is 0.310 e. The van der Waals surface area contributed by atoms with Gasteiger partial charge in [-0.15, -0.1) is 0 Å². The van der Waals surface area contributed by atoms with Gasteiger partial charge in [0.1, 0.15) is 0 Å². The van der Waals surface area contributed by atoms with Crippen molar-refractivity contribution in [2.24, 2.45) is 17.8 Å². The summed E-state index contributed by atoms with van der Waals surface area (Å²) < 4.78 is 5.30. The normalized spacial score (nSPS) is 43.1. The Morgan fingerprint density at radius 1 is 1.20 bits per heavy atom. The van der Waals surface area contributed by atoms with Crippen LogP contribution >= 0.6 is 0 Å². The minimum atomic E-state index is -1.16. The Labute approximate surface area is 85.5 Å². The summed E-state index contributed by atoms with van der Waals surface area (Å²) in [6.07, 6.45) is -0.786. The second-order valence-corrected chi connectivity index (χ2v) is 4.05. The molecule has 0 aromatic carbocycles. The molecule has 0 unspecified atom stereocenters. The average Bonchev–Trinajstić information content (AvgIpc) is 2.72. The molecule has 2 fully saturated rings. The number of ether oxygens (including phenoxy) is 1. The fraction of sp³-hybridized carbons (Fsp3) is 0.778. The molecule has 2 aliphatic heterocycles. The molecule has 2 rings (SSSR count). The van der Waals surface area contributed by atoms with E-state index in [1.165, 1.54) is 0 Å². The summed E-state index contributed by atoms with van der Waals surface area (Å²) in [6, 6.07) is 0. The molecule has 3 N–H and O–H groups in total. The van der Waals surface area contributed by atoms with E-state index in [1.54, 1.807) is 0 Å². The maximum atomic E-state index is 10.9. The van der Waals surface area contributed by atoms with Gasteiger partial charge in [0.25, 0.3) is 0 Å². The predicted octanol–water partition coefficient (Wildman–Crippen LogP) is -0.832. The fourth-order valence-electron chi connectivity index (χ4n) is 2.63. The highest BCUT2D eigenvalue weighted by atomic mass is 16.5. The van der Waals surface area contributed by atoms with Crippen LogP contribution in [0.2, 0.25) is 0 Å². The molecular weight excluding hydrogens is 204 g/mol. The molecule has 6 heteroatoms. The summed E-state index contributed by atoms with van der Waals surface area (Å²) in [7, 11) is 0. The molecule has 0 aliphatic carbocycles. The number of aliphatic hydroxyl groups is 1. The molecule has 0 radical (unpaired) electrons. The van der Waals surface area contributed by atoms with E-state index in [9.17, 15) is 9.59 Å². The number of carboxylic acids is 2. The average molecular weight is 216 g/mol. The minimum Gasteiger partial charge on any atom is -0.481 e. The van der Waals surface area contributed by atoms with Crippen molar-refractivity contribution in [2.45, 2.75) is 18.6 Å². The zero-order valence-corrected chi connectivity index (χ0v) is 7.87. The van der Waals surface area contributed by atoms with Gasteiger partial charge in [-0.1, -0.05) is 0 Å². The molecule has 0 aromatic rings. The Morgan fingerprint density at radius 3 is 2.27 bits per heavy atom. The zero-order chi connectivity index (χ0) is 11.2. The third kappa shape index (κ3) is 1.40. The summed E-state index contributed by atoms with van der Waals surface area (Å²) in [5, 5.41) is 26.8. The summed E-state index contributed by atoms with van der Waals surface area (Å²) in [4.78, 5) is 21.8. The highest BCUT2D eigenvalue weighted by molar-refractivity contribution is 5.82. The molecule has 0 spiro atoms. The Hall–Kier alpha value is -1.14. The highest BCUT2D eigenvalue weighted by Crippen LogP contribution is 2.46. The van der Waals surface area contributed by atoms with E-state index in [2.05, 4.69) is 0 Å². The zero-order valence-electron chi connectivity index (χ0n) is 7.87. The standard InChI is InChI=1S/C9H12O6/c10-2-3-1-4-5(8(11)12)6(9(13)14)7(3)15-4/h3-7,10H,1-2H2,(H,11,12)(H,13,14)/t3-,4+,5+,6+,7-/m0/s1. The Morgan fingerprint density at radius 2 is 1.80 bits per heavy atom. The number of fused-ring (bicyclic) bond motifs is 2. The first-order valence-electron chi connectivity index (χ1n) is 4.78. The van der Waals surface area contributed by atoms with Crippen LogP contribution in [0.5, 0.6) is 0 Å². The first kappa shape index (κ1) is 10.4. The van der Waals surface area contributed by atoms with E-state index in [1.807, 2.05) is 0 Å². The first-order chi connectivity index (χ1) is 7.06. The molecule has 2 saturated heterocycles. The minimum absolute atomic E-state index is 0.155. The molecule has 0 saturated carbocycles. The number of aliphatic hydroxyl groups excluding tert-OH is 1. The van der Waals surface area contributed by atoms with Gasteiger partial charge in [-0.25, -0.2) is 0 Å². The molecule has 84 valence electrons. The second-order valence-electron chi connectivity index (χ2n) is 4.05. The van der Waals surface area contributed by atoms with Crippen LogP contribution in [0, 0.1) is 17.8 Å². The molecule has 6 nitrogen and oxygen atoms in total. The molecular formula is C9H12O6. The van der Waals surface area contributed by atoms with Crippen molar-refractivity contribution in [3.8, 4) is 0 Å². The van der Waals surface area contributed by atoms with Gasteiger partial charge in [-0.2, -0.15) is 0 Å². The van der Waals surface area contributed by atoms with Crippen molar-refractivity contribution in [1.82, 2.24) is 0 Å². The van der Waals surface area contributed by atoms with Crippen LogP contribution in [-0.2, 0) is 14.3 Å². The van der Waals surface area contributed by atoms with Gasteiger partial charge in [-0.05, 0) is 6.42 Å². The lowest BCUT2D eigenvalue weighted by Crippen LogP contribution is -2.42. The Balaban J connectivity index is 2.24. The van der Waals surface area contributed by atoms with Crippen molar-refractivity contribution in [3.63, 3.8) is 0 Å². The van der Waals surface area contributed by atoms with Gasteiger partial charge >= 0.3 is 11.9 Å². The number of hydrogen-bond donors (Lipinski definition) is 3. The van der Waals surface area contributed by atoms with Crippen molar-refractivity contribution in [3.05, 3.63) is 0 Å². The van der Waals surface area contributed by atoms with Crippen molar-refractivity contribution in [1.29, 1.82) is 0 Å². The Bertz CT molecular complexity index is 301. The summed E-state index contributed by atoms with van der Waals surface area (Å²) in [5.41, 5.74) is 0. The number of carboxylic acid groups (broad SMARTS) is 2. The van der Waals surface area contributed by atoms with Crippen molar-refractivity contribution < 1.29 is 29.6 Å². The van der Waals surface area contributed by atoms with E-state index >= 15 is 0 Å². The van der Waals surface area contributed by atoms with E-state index in [0.29, 0.717) is 6.42 Å². The number of carbonyl (C=O) groups is 2. The van der Waals surface area contributed by atoms with Crippen LogP contribution in [0.3, 0.4) is 0 Å². The van der Waals surface area contributed by atoms with Crippen molar-refractivity contribution >= 4 is 11.9 Å². The molecule has 0 aromatic heterocycles. The lowest BCUT2D eigenvalue weighted by Gasteiger charge is -2.26. The lowest BCUT2D eigenvalue weighted by atomic mass is 9.74. The molecule has 2 aliphatic rings. The van der Waals surface area contributed by atoms with Crippen LogP contribution in [0.1, 0.15) is 6.42 Å². The van der Waals surface area contributed by atoms with Gasteiger partial charge in [0.2, 0.25) is 0 Å². The first-order valence-corrected chi connectivity index (χ1v) is 4.78. The number of rotatable bonds is 3. The molecule has 15 heavy (non-hydrogen) atoms. The van der Waals surface area contributed by atoms with E-state index in [-0.39, 0.29) is 12.5 Å². The monoisotopic (exact) mass is 216 g/mol. The summed E-state index contributed by atoms with van der Waals surface area (Å²) >= 11 is 0. The largest absolute Gasteiger partial charge is 0.481 e. The second kappa shape index (κ2) is 3.46. The van der Waals surface area contributed by atoms with Crippen LogP contribution in [0.4, 0.5) is 0 Å². The van der Waals surface area contributed by atoms with Gasteiger partial charge in [0, 0.05) is 12.5 Å². The number of aliphatic carboxylic acids is 2. The molecule has 0 amide bonds. The summed E-state index contributed by atoms with van der Waals surface area (Å²) in [5.74, 6) is -4.54. The van der Waals surface area contributed by atoms with Crippen LogP contribution in [0.15, 0.2) is 0 Å². The lowest BCUT2D eigenvalue weighted by molar-refractivity contribution is -0.155. The van der Waals surface area contributed by atoms with Crippen molar-refractivity contribution in [2.75, 3.05) is 6.61 Å². The molecule has 2 bridgehead atoms. The SMILES string of the molecule is O=C(O)[C@H]1[C@H]2O[C@H](C[C@H]2CO)[C@H]1C(=O)O. The maximum absolute atomic E-state index is 10.9. The fourth-order valence-corrected chi connectivity index (χ4v) is 2.63. The highest BCUT2D eigenvalue weighted by Gasteiger charge is 2.59. The Kier molecular flexibility index (Phi) is 2.40. The summed E-state index contributed by atoms with van der Waals surface area (Å²) in [6.45, 7) is -0.155. The van der Waals surface area contributed by atoms with E-state index in [0.717, 1.165) is 0 Å². The van der Waals surface area contributed by atoms with Crippen LogP contribution in [-0.4, -0.2) is 46.1 Å². The molecule has 2 heterocycles. The van der Waals surface area contributed by atoms with Gasteiger partial charge in [0.05, 0.1) is 24.0 Å². The van der Waals surface area contributed by atoms with Gasteiger partial charge in [0.15, 0.2) is 0 Å². The van der Waals surface area contributed by atoms with Gasteiger partial charge < -0.3 is 20.1 Å². The number of hydrogen-bond acceptors (Lipinski definition) is 4. The third-order valence-corrected chi connectivity index (χ3v) is 3.28. The quantitative estimate of drug-likeness (QED) is 0.568.